The molecule has 2 heterocycles. The minimum atomic E-state index is 0.397. The van der Waals surface area contributed by atoms with Gasteiger partial charge in [0.05, 0.1) is 23.6 Å². The molecule has 2 aliphatic rings. The lowest BCUT2D eigenvalue weighted by Gasteiger charge is -2.39. The van der Waals surface area contributed by atoms with Crippen molar-refractivity contribution in [2.75, 3.05) is 23.3 Å². The average molecular weight is 246 g/mol. The number of nitrogens with one attached hydrogen (secondary N) is 1. The second-order valence-corrected chi connectivity index (χ2v) is 5.55. The maximum atomic E-state index is 5.97. The van der Waals surface area contributed by atoms with Crippen molar-refractivity contribution in [3.63, 3.8) is 0 Å². The average Bonchev–Trinajstić information content (AvgIpc) is 2.79. The Bertz CT molecular complexity index is 421. The molecule has 1 saturated heterocycles. The monoisotopic (exact) mass is 246 g/mol. The Morgan fingerprint density at radius 2 is 2.11 bits per heavy atom. The Hall–Kier alpha value is -1.22. The van der Waals surface area contributed by atoms with Crippen LogP contribution < -0.4 is 10.2 Å². The molecule has 18 heavy (non-hydrogen) atoms. The largest absolute Gasteiger partial charge is 0.381 e. The van der Waals surface area contributed by atoms with Crippen molar-refractivity contribution in [3.8, 4) is 0 Å². The van der Waals surface area contributed by atoms with E-state index in [-0.39, 0.29) is 0 Å². The van der Waals surface area contributed by atoms with E-state index in [2.05, 4.69) is 48.3 Å². The van der Waals surface area contributed by atoms with Gasteiger partial charge < -0.3 is 15.0 Å². The number of ether oxygens (including phenoxy) is 1. The van der Waals surface area contributed by atoms with Crippen molar-refractivity contribution in [1.29, 1.82) is 0 Å². The highest BCUT2D eigenvalue weighted by molar-refractivity contribution is 5.72. The SMILES string of the molecule is CC1CCC(CN2c3ccccc3NCC2C)O1. The van der Waals surface area contributed by atoms with Crippen molar-refractivity contribution in [3.05, 3.63) is 24.3 Å². The number of rotatable bonds is 2. The van der Waals surface area contributed by atoms with E-state index in [1.807, 2.05) is 0 Å². The second-order valence-electron chi connectivity index (χ2n) is 5.55. The number of fused-ring (bicyclic) bond motifs is 1. The molecule has 98 valence electrons. The van der Waals surface area contributed by atoms with Gasteiger partial charge in [0.15, 0.2) is 0 Å². The fraction of sp³-hybridized carbons (Fsp3) is 0.600. The Labute approximate surface area is 109 Å². The van der Waals surface area contributed by atoms with Crippen LogP contribution >= 0.6 is 0 Å². The van der Waals surface area contributed by atoms with Gasteiger partial charge in [-0.2, -0.15) is 0 Å². The van der Waals surface area contributed by atoms with Gasteiger partial charge in [-0.15, -0.1) is 0 Å². The van der Waals surface area contributed by atoms with Crippen molar-refractivity contribution >= 4 is 11.4 Å². The first-order chi connectivity index (χ1) is 8.74. The van der Waals surface area contributed by atoms with Gasteiger partial charge in [0, 0.05) is 19.1 Å². The molecule has 0 aromatic heterocycles. The summed E-state index contributed by atoms with van der Waals surface area (Å²) in [5.41, 5.74) is 2.57. The predicted molar refractivity (Wildman–Crippen MR) is 75.3 cm³/mol. The molecule has 1 fully saturated rings. The van der Waals surface area contributed by atoms with E-state index in [1.54, 1.807) is 0 Å². The number of anilines is 2. The predicted octanol–water partition coefficient (Wildman–Crippen LogP) is 2.87. The van der Waals surface area contributed by atoms with Gasteiger partial charge >= 0.3 is 0 Å². The molecule has 0 spiro atoms. The molecule has 3 heteroatoms. The summed E-state index contributed by atoms with van der Waals surface area (Å²) in [6.45, 7) is 6.49. The molecule has 1 aromatic carbocycles. The van der Waals surface area contributed by atoms with E-state index in [1.165, 1.54) is 24.2 Å². The van der Waals surface area contributed by atoms with Crippen LogP contribution in [0.5, 0.6) is 0 Å². The number of nitrogens with zero attached hydrogens (tertiary/aromatic N) is 1. The molecule has 0 bridgehead atoms. The van der Waals surface area contributed by atoms with Crippen LogP contribution in [-0.2, 0) is 4.74 Å². The second kappa shape index (κ2) is 4.81. The highest BCUT2D eigenvalue weighted by atomic mass is 16.5. The van der Waals surface area contributed by atoms with Gasteiger partial charge in [0.1, 0.15) is 0 Å². The summed E-state index contributed by atoms with van der Waals surface area (Å²) in [6.07, 6.45) is 3.23. The first-order valence-electron chi connectivity index (χ1n) is 6.99. The normalized spacial score (nSPS) is 31.0. The smallest absolute Gasteiger partial charge is 0.0754 e. The molecule has 0 amide bonds. The summed E-state index contributed by atoms with van der Waals surface area (Å²) >= 11 is 0. The molecule has 3 atom stereocenters. The fourth-order valence-corrected chi connectivity index (χ4v) is 3.00. The first-order valence-corrected chi connectivity index (χ1v) is 6.99. The Morgan fingerprint density at radius 1 is 1.28 bits per heavy atom. The lowest BCUT2D eigenvalue weighted by atomic mass is 10.1. The highest BCUT2D eigenvalue weighted by Gasteiger charge is 2.28. The molecule has 3 rings (SSSR count). The molecular weight excluding hydrogens is 224 g/mol. The fourth-order valence-electron chi connectivity index (χ4n) is 3.00. The van der Waals surface area contributed by atoms with E-state index >= 15 is 0 Å². The van der Waals surface area contributed by atoms with Crippen LogP contribution in [0.4, 0.5) is 11.4 Å². The van der Waals surface area contributed by atoms with Gasteiger partial charge in [-0.1, -0.05) is 12.1 Å². The summed E-state index contributed by atoms with van der Waals surface area (Å²) in [5, 5.41) is 3.49. The third-order valence-corrected chi connectivity index (χ3v) is 4.05. The van der Waals surface area contributed by atoms with Crippen LogP contribution in [0.3, 0.4) is 0 Å². The maximum Gasteiger partial charge on any atom is 0.0754 e. The van der Waals surface area contributed by atoms with Gasteiger partial charge in [-0.05, 0) is 38.8 Å². The summed E-state index contributed by atoms with van der Waals surface area (Å²) in [6, 6.07) is 9.10. The van der Waals surface area contributed by atoms with Crippen molar-refractivity contribution in [1.82, 2.24) is 0 Å². The van der Waals surface area contributed by atoms with Gasteiger partial charge in [0.25, 0.3) is 0 Å². The van der Waals surface area contributed by atoms with Crippen molar-refractivity contribution in [2.45, 2.75) is 44.9 Å². The summed E-state index contributed by atoms with van der Waals surface area (Å²) in [7, 11) is 0. The molecule has 0 saturated carbocycles. The van der Waals surface area contributed by atoms with Gasteiger partial charge in [-0.25, -0.2) is 0 Å². The maximum absolute atomic E-state index is 5.97. The zero-order valence-electron chi connectivity index (χ0n) is 11.2. The Balaban J connectivity index is 1.78. The van der Waals surface area contributed by atoms with Gasteiger partial charge in [-0.3, -0.25) is 0 Å². The topological polar surface area (TPSA) is 24.5 Å². The number of para-hydroxylation sites is 2. The minimum Gasteiger partial charge on any atom is -0.381 e. The number of hydrogen-bond donors (Lipinski definition) is 1. The molecule has 0 radical (unpaired) electrons. The lowest BCUT2D eigenvalue weighted by Crippen LogP contribution is -2.45. The number of hydrogen-bond acceptors (Lipinski definition) is 3. The molecule has 1 aromatic rings. The highest BCUT2D eigenvalue weighted by Crippen LogP contribution is 2.32. The third-order valence-electron chi connectivity index (χ3n) is 4.05. The molecule has 1 N–H and O–H groups in total. The van der Waals surface area contributed by atoms with Crippen molar-refractivity contribution < 1.29 is 4.74 Å². The summed E-state index contributed by atoms with van der Waals surface area (Å²) in [4.78, 5) is 2.49. The van der Waals surface area contributed by atoms with Crippen molar-refractivity contribution in [2.24, 2.45) is 0 Å². The summed E-state index contributed by atoms with van der Waals surface area (Å²) in [5.74, 6) is 0. The van der Waals surface area contributed by atoms with E-state index in [4.69, 9.17) is 4.74 Å². The molecule has 2 aliphatic heterocycles. The van der Waals surface area contributed by atoms with Crippen LogP contribution in [0.15, 0.2) is 24.3 Å². The standard InChI is InChI=1S/C15H22N2O/c1-11-9-16-14-5-3-4-6-15(14)17(11)10-13-8-7-12(2)18-13/h3-6,11-13,16H,7-10H2,1-2H3. The van der Waals surface area contributed by atoms with Gasteiger partial charge in [0.2, 0.25) is 0 Å². The molecular formula is C15H22N2O. The zero-order chi connectivity index (χ0) is 12.5. The Kier molecular flexibility index (Phi) is 3.16. The van der Waals surface area contributed by atoms with E-state index in [9.17, 15) is 0 Å². The first kappa shape index (κ1) is 11.8. The van der Waals surface area contributed by atoms with E-state index in [0.717, 1.165) is 13.1 Å². The Morgan fingerprint density at radius 3 is 2.89 bits per heavy atom. The van der Waals surface area contributed by atoms with Crippen LogP contribution in [0.25, 0.3) is 0 Å². The summed E-state index contributed by atoms with van der Waals surface area (Å²) < 4.78 is 5.97. The van der Waals surface area contributed by atoms with Crippen LogP contribution in [-0.4, -0.2) is 31.3 Å². The molecule has 0 aliphatic carbocycles. The minimum absolute atomic E-state index is 0.397. The quantitative estimate of drug-likeness (QED) is 0.868. The van der Waals surface area contributed by atoms with E-state index in [0.29, 0.717) is 18.2 Å². The van der Waals surface area contributed by atoms with Crippen LogP contribution in [0.1, 0.15) is 26.7 Å². The lowest BCUT2D eigenvalue weighted by molar-refractivity contribution is 0.0591. The third kappa shape index (κ3) is 2.19. The molecule has 3 unspecified atom stereocenters. The van der Waals surface area contributed by atoms with E-state index < -0.39 is 0 Å². The van der Waals surface area contributed by atoms with Crippen LogP contribution in [0.2, 0.25) is 0 Å². The number of benzene rings is 1. The van der Waals surface area contributed by atoms with Crippen LogP contribution in [0, 0.1) is 0 Å². The molecule has 3 nitrogen and oxygen atoms in total. The zero-order valence-corrected chi connectivity index (χ0v) is 11.2.